The summed E-state index contributed by atoms with van der Waals surface area (Å²) in [6.07, 6.45) is -4.73. The van der Waals surface area contributed by atoms with Crippen molar-refractivity contribution < 1.29 is 46.6 Å². The number of thiol groups is 2. The summed E-state index contributed by atoms with van der Waals surface area (Å²) in [5, 5.41) is 10.9. The second-order valence-corrected chi connectivity index (χ2v) is 16.0. The van der Waals surface area contributed by atoms with Gasteiger partial charge in [-0.2, -0.15) is 0 Å². The van der Waals surface area contributed by atoms with Gasteiger partial charge in [0.05, 0.1) is 37.0 Å². The van der Waals surface area contributed by atoms with Gasteiger partial charge >= 0.3 is 13.6 Å². The number of hydrogen-bond donors (Lipinski definition) is 6. The highest BCUT2D eigenvalue weighted by Gasteiger charge is 2.51. The van der Waals surface area contributed by atoms with Crippen molar-refractivity contribution in [2.75, 3.05) is 18.9 Å². The van der Waals surface area contributed by atoms with Crippen LogP contribution >= 0.6 is 49.7 Å². The first-order chi connectivity index (χ1) is 21.2. The second-order valence-electron chi connectivity index (χ2n) is 9.96. The fourth-order valence-electron chi connectivity index (χ4n) is 5.06. The van der Waals surface area contributed by atoms with Crippen molar-refractivity contribution in [3.63, 3.8) is 0 Å². The Bertz CT molecular complexity index is 1900. The molecule has 0 aliphatic carbocycles. The van der Waals surface area contributed by atoms with Crippen LogP contribution in [0.25, 0.3) is 22.2 Å². The summed E-state index contributed by atoms with van der Waals surface area (Å²) in [5.41, 5.74) is 5.85. The zero-order valence-electron chi connectivity index (χ0n) is 22.4. The molecule has 6 rings (SSSR count). The smallest absolute Gasteiger partial charge is 0.386 e. The highest BCUT2D eigenvalue weighted by Crippen LogP contribution is 2.57. The molecule has 4 aromatic rings. The van der Waals surface area contributed by atoms with E-state index in [1.54, 1.807) is 0 Å². The van der Waals surface area contributed by atoms with E-state index in [4.69, 9.17) is 40.4 Å². The van der Waals surface area contributed by atoms with E-state index in [1.165, 1.54) is 28.0 Å². The van der Waals surface area contributed by atoms with E-state index < -0.39 is 75.4 Å². The Balaban J connectivity index is 1.16. The molecule has 2 aliphatic heterocycles. The van der Waals surface area contributed by atoms with Gasteiger partial charge in [0.25, 0.3) is 5.56 Å². The van der Waals surface area contributed by atoms with Gasteiger partial charge in [-0.15, -0.1) is 0 Å². The number of fused-ring (bicyclic) bond motifs is 2. The Labute approximate surface area is 266 Å². The first-order valence-corrected chi connectivity index (χ1v) is 18.7. The van der Waals surface area contributed by atoms with Crippen molar-refractivity contribution in [2.45, 2.75) is 49.5 Å². The van der Waals surface area contributed by atoms with Gasteiger partial charge in [0, 0.05) is 12.6 Å². The molecule has 24 heteroatoms. The average Bonchev–Trinajstić information content (AvgIpc) is 3.71. The van der Waals surface area contributed by atoms with Gasteiger partial charge in [0.1, 0.15) is 41.8 Å². The summed E-state index contributed by atoms with van der Waals surface area (Å²) in [4.78, 5) is 40.2. The maximum atomic E-state index is 15.9. The Morgan fingerprint density at radius 2 is 1.89 bits per heavy atom. The fraction of sp³-hybridized carbons (Fsp3) is 0.476. The first kappa shape index (κ1) is 32.8. The van der Waals surface area contributed by atoms with Crippen LogP contribution in [0, 0.1) is 0 Å². The highest BCUT2D eigenvalue weighted by atomic mass is 35.5. The van der Waals surface area contributed by atoms with Gasteiger partial charge in [-0.3, -0.25) is 22.9 Å². The SMILES string of the molecule is Nc1ncnc2c1ncn2[C@@H]1O[C@H](COP(=O)(O)S)[C@@H](OP(=O)(S)OC[C@H]2O[C@@H](n3cc(Cl)c4c(=O)[nH]cnc43)C[C@@H]2O)[C@H]1F. The number of imidazole rings is 1. The monoisotopic (exact) mass is 728 g/mol. The van der Waals surface area contributed by atoms with Crippen LogP contribution < -0.4 is 11.3 Å². The van der Waals surface area contributed by atoms with Crippen LogP contribution in [0.2, 0.25) is 5.02 Å². The Morgan fingerprint density at radius 1 is 1.13 bits per heavy atom. The lowest BCUT2D eigenvalue weighted by Gasteiger charge is -2.24. The van der Waals surface area contributed by atoms with Crippen molar-refractivity contribution in [3.8, 4) is 0 Å². The van der Waals surface area contributed by atoms with E-state index in [0.29, 0.717) is 0 Å². The number of nitrogens with two attached hydrogens (primary N) is 1. The molecule has 4 aromatic heterocycles. The van der Waals surface area contributed by atoms with Gasteiger partial charge in [0.15, 0.2) is 29.5 Å². The number of H-pyrrole nitrogens is 1. The largest absolute Gasteiger partial charge is 0.390 e. The third-order valence-electron chi connectivity index (χ3n) is 7.08. The van der Waals surface area contributed by atoms with Gasteiger partial charge in [-0.25, -0.2) is 33.5 Å². The molecule has 6 heterocycles. The van der Waals surface area contributed by atoms with Crippen LogP contribution in [0.4, 0.5) is 10.2 Å². The minimum absolute atomic E-state index is 0.0286. The summed E-state index contributed by atoms with van der Waals surface area (Å²) < 4.78 is 70.8. The lowest BCUT2D eigenvalue weighted by molar-refractivity contribution is -0.0468. The van der Waals surface area contributed by atoms with E-state index in [-0.39, 0.29) is 39.5 Å². The van der Waals surface area contributed by atoms with E-state index in [2.05, 4.69) is 49.4 Å². The summed E-state index contributed by atoms with van der Waals surface area (Å²) in [6, 6.07) is 0. The van der Waals surface area contributed by atoms with Crippen molar-refractivity contribution in [1.82, 2.24) is 34.1 Å². The van der Waals surface area contributed by atoms with Crippen molar-refractivity contribution in [3.05, 3.63) is 40.6 Å². The molecule has 2 aliphatic rings. The molecule has 0 spiro atoms. The van der Waals surface area contributed by atoms with Crippen molar-refractivity contribution in [2.24, 2.45) is 0 Å². The number of halogens is 2. The van der Waals surface area contributed by atoms with Crippen LogP contribution in [-0.4, -0.2) is 87.9 Å². The lowest BCUT2D eigenvalue weighted by Crippen LogP contribution is -2.34. The summed E-state index contributed by atoms with van der Waals surface area (Å²) in [6.45, 7) is -9.99. The maximum Gasteiger partial charge on any atom is 0.386 e. The molecular weight excluding hydrogens is 705 g/mol. The molecule has 2 fully saturated rings. The molecule has 45 heavy (non-hydrogen) atoms. The maximum absolute atomic E-state index is 15.9. The van der Waals surface area contributed by atoms with Crippen LogP contribution in [0.1, 0.15) is 18.9 Å². The van der Waals surface area contributed by atoms with Gasteiger partial charge in [0.2, 0.25) is 0 Å². The number of ether oxygens (including phenoxy) is 2. The number of aromatic amines is 1. The standard InChI is InChI=1S/C21H24ClFN8O10P2S2/c22-8-2-30(18-13(8)20(33)28-6-26-18)12-1-9(32)10(39-12)3-38-43(36,45)41-16-11(4-37-42(34,35)44)40-21(14(16)23)31-7-29-15-17(24)25-5-27-19(15)31/h2,5-7,9-12,14,16,21,32H,1,3-4H2,(H,36,45)(H2,24,25,27)(H,26,28,33)(H2,34,35,44)/t9-,10+,11+,12+,14+,16+,21+,43?/m0/s1. The zero-order valence-corrected chi connectivity index (χ0v) is 26.8. The van der Waals surface area contributed by atoms with E-state index in [0.717, 1.165) is 6.33 Å². The molecule has 2 unspecified atom stereocenters. The zero-order chi connectivity index (χ0) is 32.3. The topological polar surface area (TPSA) is 241 Å². The fourth-order valence-corrected chi connectivity index (χ4v) is 7.36. The summed E-state index contributed by atoms with van der Waals surface area (Å²) in [5.74, 6) is 0.0286. The number of nitrogens with one attached hydrogen (secondary N) is 1. The van der Waals surface area contributed by atoms with Gasteiger partial charge in [-0.05, 0) is 0 Å². The molecule has 18 nitrogen and oxygen atoms in total. The Kier molecular flexibility index (Phi) is 9.09. The minimum Gasteiger partial charge on any atom is -0.390 e. The van der Waals surface area contributed by atoms with E-state index in [9.17, 15) is 23.9 Å². The number of nitrogens with zero attached hydrogens (tertiary/aromatic N) is 6. The molecule has 2 saturated heterocycles. The number of rotatable bonds is 10. The number of alkyl halides is 1. The molecule has 0 aromatic carbocycles. The third-order valence-corrected chi connectivity index (χ3v) is 9.81. The number of hydrogen-bond acceptors (Lipinski definition) is 14. The van der Waals surface area contributed by atoms with E-state index >= 15 is 4.39 Å². The van der Waals surface area contributed by atoms with E-state index in [1.807, 2.05) is 0 Å². The number of nitrogen functional groups attached to an aromatic ring is 1. The molecule has 0 radical (unpaired) electrons. The van der Waals surface area contributed by atoms with Gasteiger partial charge < -0.3 is 34.8 Å². The summed E-state index contributed by atoms with van der Waals surface area (Å²) >= 11 is 13.6. The third kappa shape index (κ3) is 6.67. The predicted molar refractivity (Wildman–Crippen MR) is 161 cm³/mol. The Hall–Kier alpha value is -2.13. The number of aliphatic hydroxyl groups is 1. The lowest BCUT2D eigenvalue weighted by atomic mass is 10.1. The summed E-state index contributed by atoms with van der Waals surface area (Å²) in [7, 11) is 0. The average molecular weight is 729 g/mol. The molecule has 244 valence electrons. The first-order valence-electron chi connectivity index (χ1n) is 12.9. The van der Waals surface area contributed by atoms with Gasteiger partial charge in [-0.1, -0.05) is 36.1 Å². The normalized spacial score (nSPS) is 29.8. The molecule has 0 amide bonds. The van der Waals surface area contributed by atoms with Crippen LogP contribution in [-0.2, 0) is 32.2 Å². The number of aliphatic hydroxyl groups excluding tert-OH is 1. The Morgan fingerprint density at radius 3 is 2.64 bits per heavy atom. The van der Waals surface area contributed by atoms with Crippen LogP contribution in [0.5, 0.6) is 0 Å². The molecule has 0 bridgehead atoms. The van der Waals surface area contributed by atoms with Crippen LogP contribution in [0.3, 0.4) is 0 Å². The quantitative estimate of drug-likeness (QED) is 0.101. The molecule has 0 saturated carbocycles. The van der Waals surface area contributed by atoms with Crippen molar-refractivity contribution in [1.29, 1.82) is 0 Å². The second kappa shape index (κ2) is 12.5. The minimum atomic E-state index is -4.43. The highest BCUT2D eigenvalue weighted by molar-refractivity contribution is 8.44. The number of anilines is 1. The number of aromatic nitrogens is 7. The van der Waals surface area contributed by atoms with Crippen LogP contribution in [0.15, 0.2) is 30.0 Å². The molecule has 5 N–H and O–H groups in total. The van der Waals surface area contributed by atoms with Crippen molar-refractivity contribution >= 4 is 77.7 Å². The molecular formula is C21H24ClFN8O10P2S2. The molecule has 9 atom stereocenters. The predicted octanol–water partition coefficient (Wildman–Crippen LogP) is 2.17.